The molecule has 0 amide bonds. The number of ether oxygens (including phenoxy) is 2. The third-order valence-corrected chi connectivity index (χ3v) is 9.26. The highest BCUT2D eigenvalue weighted by molar-refractivity contribution is 5.83. The lowest BCUT2D eigenvalue weighted by Crippen LogP contribution is -2.49. The zero-order valence-corrected chi connectivity index (χ0v) is 18.8. The minimum atomic E-state index is -0.408. The van der Waals surface area contributed by atoms with E-state index in [1.807, 2.05) is 12.1 Å². The fourth-order valence-corrected chi connectivity index (χ4v) is 7.48. The van der Waals surface area contributed by atoms with Crippen LogP contribution in [0, 0.1) is 41.9 Å². The normalized spacial score (nSPS) is 45.5. The minimum Gasteiger partial charge on any atom is -0.508 e. The number of carbonyl (C=O) groups excluding carboxylic acids is 1. The summed E-state index contributed by atoms with van der Waals surface area (Å²) < 4.78 is 13.1. The Bertz CT molecular complexity index is 839. The number of phenols is 1. The van der Waals surface area contributed by atoms with E-state index >= 15 is 0 Å². The summed E-state index contributed by atoms with van der Waals surface area (Å²) in [6.07, 6.45) is 5.67. The van der Waals surface area contributed by atoms with Crippen molar-refractivity contribution in [2.75, 3.05) is 6.61 Å². The fourth-order valence-electron chi connectivity index (χ4n) is 7.48. The molecule has 2 heterocycles. The van der Waals surface area contributed by atoms with E-state index in [0.29, 0.717) is 35.9 Å². The number of hydrogen-bond donors (Lipinski definition) is 1. The number of benzene rings is 1. The molecule has 4 nitrogen and oxygen atoms in total. The smallest absolute Gasteiger partial charge is 0.171 e. The quantitative estimate of drug-likeness (QED) is 0.739. The maximum atomic E-state index is 13.1. The fraction of sp³-hybridized carbons (Fsp3) is 0.731. The summed E-state index contributed by atoms with van der Waals surface area (Å²) in [7, 11) is 0. The molecule has 2 aliphatic heterocycles. The Balaban J connectivity index is 1.42. The Morgan fingerprint density at radius 1 is 1.23 bits per heavy atom. The molecule has 0 aromatic heterocycles. The highest BCUT2D eigenvalue weighted by Gasteiger charge is 2.67. The molecule has 4 aliphatic rings. The Morgan fingerprint density at radius 3 is 2.77 bits per heavy atom. The standard InChI is InChI=1S/C26H36O4/c1-15-7-10-26(29-14-15)17(3)24-23(30-26)13-21-20(22(28)8-9-25(21,24)4)12-18-11-19(27)6-5-16(18)2/h5-6,11,15,17,20-21,23-24,27H,7-10,12-14H2,1-4H3/t15-,17+,20?,21?,23+,24+,25+,26-/m1/s1. The predicted octanol–water partition coefficient (Wildman–Crippen LogP) is 5.04. The average Bonchev–Trinajstić information content (AvgIpc) is 3.15. The number of aromatic hydroxyl groups is 1. The first-order chi connectivity index (χ1) is 14.2. The maximum absolute atomic E-state index is 13.1. The lowest BCUT2D eigenvalue weighted by atomic mass is 9.57. The van der Waals surface area contributed by atoms with E-state index in [9.17, 15) is 9.90 Å². The molecule has 1 spiro atoms. The van der Waals surface area contributed by atoms with Crippen molar-refractivity contribution in [2.45, 2.75) is 78.1 Å². The highest BCUT2D eigenvalue weighted by Crippen LogP contribution is 2.66. The van der Waals surface area contributed by atoms with Crippen LogP contribution < -0.4 is 0 Å². The molecule has 30 heavy (non-hydrogen) atoms. The van der Waals surface area contributed by atoms with Gasteiger partial charge in [0.2, 0.25) is 0 Å². The van der Waals surface area contributed by atoms with Gasteiger partial charge in [-0.05, 0) is 79.0 Å². The van der Waals surface area contributed by atoms with Crippen molar-refractivity contribution in [3.05, 3.63) is 29.3 Å². The van der Waals surface area contributed by atoms with E-state index < -0.39 is 5.79 Å². The Morgan fingerprint density at radius 2 is 2.03 bits per heavy atom. The summed E-state index contributed by atoms with van der Waals surface area (Å²) in [5.41, 5.74) is 2.37. The SMILES string of the molecule is Cc1ccc(O)cc1CC1C(=O)CC[C@@]2(C)C1C[C@@H]1O[C@]3(CC[C@@H](C)CO3)[C@@H](C)[C@@H]12. The molecule has 164 valence electrons. The summed E-state index contributed by atoms with van der Waals surface area (Å²) in [6.45, 7) is 9.87. The Hall–Kier alpha value is -1.39. The average molecular weight is 413 g/mol. The molecule has 0 radical (unpaired) electrons. The Labute approximate surface area is 180 Å². The number of hydrogen-bond acceptors (Lipinski definition) is 4. The summed E-state index contributed by atoms with van der Waals surface area (Å²) in [5, 5.41) is 9.98. The predicted molar refractivity (Wildman–Crippen MR) is 115 cm³/mol. The van der Waals surface area contributed by atoms with E-state index in [2.05, 4.69) is 27.7 Å². The molecule has 2 aliphatic carbocycles. The molecule has 2 saturated heterocycles. The molecule has 1 aromatic rings. The van der Waals surface area contributed by atoms with Gasteiger partial charge in [-0.15, -0.1) is 0 Å². The van der Waals surface area contributed by atoms with Crippen LogP contribution >= 0.6 is 0 Å². The molecule has 2 saturated carbocycles. The van der Waals surface area contributed by atoms with Crippen molar-refractivity contribution < 1.29 is 19.4 Å². The van der Waals surface area contributed by atoms with Gasteiger partial charge in [0.05, 0.1) is 12.7 Å². The maximum Gasteiger partial charge on any atom is 0.171 e. The van der Waals surface area contributed by atoms with Crippen LogP contribution in [0.3, 0.4) is 0 Å². The second-order valence-electron chi connectivity index (χ2n) is 11.0. The lowest BCUT2D eigenvalue weighted by molar-refractivity contribution is -0.272. The topological polar surface area (TPSA) is 55.8 Å². The molecule has 5 rings (SSSR count). The van der Waals surface area contributed by atoms with Crippen LogP contribution in [0.15, 0.2) is 18.2 Å². The van der Waals surface area contributed by atoms with Crippen LogP contribution in [0.5, 0.6) is 5.75 Å². The first-order valence-electron chi connectivity index (χ1n) is 11.9. The summed E-state index contributed by atoms with van der Waals surface area (Å²) in [4.78, 5) is 13.1. The van der Waals surface area contributed by atoms with E-state index in [1.165, 1.54) is 6.42 Å². The van der Waals surface area contributed by atoms with Gasteiger partial charge in [0.15, 0.2) is 5.79 Å². The summed E-state index contributed by atoms with van der Waals surface area (Å²) in [5.74, 6) is 2.06. The van der Waals surface area contributed by atoms with Crippen LogP contribution in [-0.2, 0) is 20.7 Å². The number of carbonyl (C=O) groups is 1. The van der Waals surface area contributed by atoms with Crippen molar-refractivity contribution in [3.8, 4) is 5.75 Å². The number of aryl methyl sites for hydroxylation is 1. The van der Waals surface area contributed by atoms with Crippen molar-refractivity contribution in [1.29, 1.82) is 0 Å². The van der Waals surface area contributed by atoms with Gasteiger partial charge in [-0.2, -0.15) is 0 Å². The van der Waals surface area contributed by atoms with Crippen LogP contribution in [0.25, 0.3) is 0 Å². The molecular formula is C26H36O4. The van der Waals surface area contributed by atoms with Gasteiger partial charge in [0.25, 0.3) is 0 Å². The molecule has 2 unspecified atom stereocenters. The number of ketones is 1. The third kappa shape index (κ3) is 2.97. The largest absolute Gasteiger partial charge is 0.508 e. The molecular weight excluding hydrogens is 376 g/mol. The van der Waals surface area contributed by atoms with Crippen LogP contribution in [-0.4, -0.2) is 29.4 Å². The zero-order chi connectivity index (χ0) is 21.3. The molecule has 0 bridgehead atoms. The van der Waals surface area contributed by atoms with Crippen LogP contribution in [0.2, 0.25) is 0 Å². The molecule has 4 fully saturated rings. The van der Waals surface area contributed by atoms with Gasteiger partial charge in [-0.25, -0.2) is 0 Å². The van der Waals surface area contributed by atoms with Gasteiger partial charge in [-0.3, -0.25) is 4.79 Å². The van der Waals surface area contributed by atoms with Crippen molar-refractivity contribution >= 4 is 5.78 Å². The molecule has 1 N–H and O–H groups in total. The van der Waals surface area contributed by atoms with Gasteiger partial charge in [0.1, 0.15) is 11.5 Å². The van der Waals surface area contributed by atoms with Gasteiger partial charge >= 0.3 is 0 Å². The second kappa shape index (κ2) is 7.06. The van der Waals surface area contributed by atoms with Crippen LogP contribution in [0.1, 0.15) is 64.0 Å². The first-order valence-corrected chi connectivity index (χ1v) is 11.9. The third-order valence-electron chi connectivity index (χ3n) is 9.26. The highest BCUT2D eigenvalue weighted by atomic mass is 16.7. The van der Waals surface area contributed by atoms with Crippen LogP contribution in [0.4, 0.5) is 0 Å². The molecule has 1 aromatic carbocycles. The van der Waals surface area contributed by atoms with E-state index in [1.54, 1.807) is 6.07 Å². The number of Topliss-reactive ketones (excluding diaryl/α,β-unsaturated/α-hetero) is 1. The summed E-state index contributed by atoms with van der Waals surface area (Å²) in [6, 6.07) is 5.53. The van der Waals surface area contributed by atoms with E-state index in [-0.39, 0.29) is 23.2 Å². The minimum absolute atomic E-state index is 0.0221. The first kappa shape index (κ1) is 20.5. The van der Waals surface area contributed by atoms with Gasteiger partial charge in [0, 0.05) is 24.7 Å². The zero-order valence-electron chi connectivity index (χ0n) is 18.8. The lowest BCUT2D eigenvalue weighted by Gasteiger charge is -2.47. The van der Waals surface area contributed by atoms with Crippen molar-refractivity contribution in [3.63, 3.8) is 0 Å². The second-order valence-corrected chi connectivity index (χ2v) is 11.0. The van der Waals surface area contributed by atoms with Gasteiger partial charge < -0.3 is 14.6 Å². The monoisotopic (exact) mass is 412 g/mol. The van der Waals surface area contributed by atoms with Crippen molar-refractivity contribution in [1.82, 2.24) is 0 Å². The van der Waals surface area contributed by atoms with Gasteiger partial charge in [-0.1, -0.05) is 26.8 Å². The Kier molecular flexibility index (Phi) is 4.83. The van der Waals surface area contributed by atoms with Crippen molar-refractivity contribution in [2.24, 2.45) is 35.0 Å². The summed E-state index contributed by atoms with van der Waals surface area (Å²) >= 11 is 0. The number of rotatable bonds is 2. The molecule has 4 heteroatoms. The number of fused-ring (bicyclic) bond motifs is 3. The molecule has 8 atom stereocenters. The van der Waals surface area contributed by atoms with E-state index in [0.717, 1.165) is 43.4 Å². The van der Waals surface area contributed by atoms with E-state index in [4.69, 9.17) is 9.47 Å². The number of phenolic OH excluding ortho intramolecular Hbond substituents is 1.